The van der Waals surface area contributed by atoms with Crippen molar-refractivity contribution < 1.29 is 32.2 Å². The highest BCUT2D eigenvalue weighted by Gasteiger charge is 2.29. The molecule has 0 aliphatic rings. The molecular formula is C29H38N2O7S2. The number of sulfonamides is 1. The molecule has 0 N–H and O–H groups in total. The molecule has 3 rings (SSSR count). The molecule has 0 fully saturated rings. The third kappa shape index (κ3) is 8.20. The average molecular weight is 591 g/mol. The first-order valence-corrected chi connectivity index (χ1v) is 15.2. The molecule has 0 saturated heterocycles. The number of rotatable bonds is 16. The van der Waals surface area contributed by atoms with Gasteiger partial charge in [0.15, 0.2) is 11.5 Å². The van der Waals surface area contributed by atoms with Crippen molar-refractivity contribution in [2.45, 2.75) is 31.2 Å². The summed E-state index contributed by atoms with van der Waals surface area (Å²) in [6.45, 7) is 3.04. The van der Waals surface area contributed by atoms with Crippen molar-refractivity contribution in [3.05, 3.63) is 69.9 Å². The fourth-order valence-corrected chi connectivity index (χ4v) is 6.50. The van der Waals surface area contributed by atoms with Crippen molar-refractivity contribution in [1.82, 2.24) is 9.21 Å². The second-order valence-corrected chi connectivity index (χ2v) is 12.1. The Labute approximate surface area is 241 Å². The Morgan fingerprint density at radius 1 is 0.900 bits per heavy atom. The van der Waals surface area contributed by atoms with Crippen LogP contribution in [0.1, 0.15) is 22.4 Å². The summed E-state index contributed by atoms with van der Waals surface area (Å²) in [5, 5.41) is 1.99. The third-order valence-corrected chi connectivity index (χ3v) is 9.41. The number of aryl methyl sites for hydroxylation is 1. The number of benzene rings is 2. The molecule has 3 aromatic rings. The normalized spacial score (nSPS) is 11.4. The number of carbonyl (C=O) groups is 1. The Balaban J connectivity index is 1.85. The van der Waals surface area contributed by atoms with Gasteiger partial charge in [0.25, 0.3) is 0 Å². The zero-order valence-corrected chi connectivity index (χ0v) is 25.3. The van der Waals surface area contributed by atoms with Crippen molar-refractivity contribution >= 4 is 27.3 Å². The van der Waals surface area contributed by atoms with Gasteiger partial charge in [0.05, 0.1) is 39.3 Å². The van der Waals surface area contributed by atoms with Crippen molar-refractivity contribution in [2.75, 3.05) is 54.7 Å². The lowest BCUT2D eigenvalue weighted by atomic mass is 10.1. The highest BCUT2D eigenvalue weighted by atomic mass is 32.2. The van der Waals surface area contributed by atoms with Crippen molar-refractivity contribution in [3.63, 3.8) is 0 Å². The molecule has 0 aliphatic heterocycles. The van der Waals surface area contributed by atoms with Crippen LogP contribution in [0.3, 0.4) is 0 Å². The number of amides is 1. The summed E-state index contributed by atoms with van der Waals surface area (Å²) in [6, 6.07) is 13.9. The maximum absolute atomic E-state index is 13.8. The average Bonchev–Trinajstić information content (AvgIpc) is 3.38. The summed E-state index contributed by atoms with van der Waals surface area (Å²) in [5.41, 5.74) is 2.07. The van der Waals surface area contributed by atoms with E-state index in [-0.39, 0.29) is 23.9 Å². The zero-order chi connectivity index (χ0) is 29.1. The van der Waals surface area contributed by atoms with Crippen LogP contribution in [0.5, 0.6) is 17.2 Å². The van der Waals surface area contributed by atoms with Crippen LogP contribution >= 0.6 is 11.3 Å². The smallest absolute Gasteiger partial charge is 0.243 e. The largest absolute Gasteiger partial charge is 0.497 e. The molecule has 9 nitrogen and oxygen atoms in total. The zero-order valence-electron chi connectivity index (χ0n) is 23.7. The first kappa shape index (κ1) is 31.4. The van der Waals surface area contributed by atoms with Crippen LogP contribution in [0.4, 0.5) is 0 Å². The van der Waals surface area contributed by atoms with E-state index in [1.54, 1.807) is 49.7 Å². The quantitative estimate of drug-likeness (QED) is 0.229. The van der Waals surface area contributed by atoms with Gasteiger partial charge in [0.1, 0.15) is 5.75 Å². The highest BCUT2D eigenvalue weighted by Crippen LogP contribution is 2.28. The summed E-state index contributed by atoms with van der Waals surface area (Å²) < 4.78 is 49.6. The number of nitrogens with zero attached hydrogens (tertiary/aromatic N) is 2. The molecule has 1 amide bonds. The van der Waals surface area contributed by atoms with Gasteiger partial charge in [0, 0.05) is 31.7 Å². The maximum atomic E-state index is 13.8. The molecule has 0 spiro atoms. The standard InChI is InChI=1S/C29H38N2O7S2/c1-22-14-18-39-28(22)20-30(16-13-23-7-12-26(37-4)27(19-23)38-5)29(32)21-31(15-6-17-35-2)40(33,34)25-10-8-24(36-3)9-11-25/h7-12,14,18-19H,6,13,15-17,20-21H2,1-5H3. The minimum Gasteiger partial charge on any atom is -0.497 e. The first-order valence-electron chi connectivity index (χ1n) is 12.9. The van der Waals surface area contributed by atoms with Gasteiger partial charge in [-0.1, -0.05) is 6.07 Å². The van der Waals surface area contributed by atoms with E-state index in [1.165, 1.54) is 23.5 Å². The minimum atomic E-state index is -3.94. The van der Waals surface area contributed by atoms with E-state index in [0.717, 1.165) is 16.0 Å². The number of ether oxygens (including phenoxy) is 4. The third-order valence-electron chi connectivity index (χ3n) is 6.54. The minimum absolute atomic E-state index is 0.101. The van der Waals surface area contributed by atoms with Crippen LogP contribution in [0.15, 0.2) is 58.8 Å². The Hall–Kier alpha value is -3.12. The molecule has 40 heavy (non-hydrogen) atoms. The number of hydrogen-bond acceptors (Lipinski definition) is 8. The van der Waals surface area contributed by atoms with Crippen molar-refractivity contribution in [3.8, 4) is 17.2 Å². The van der Waals surface area contributed by atoms with E-state index in [1.807, 2.05) is 36.6 Å². The topological polar surface area (TPSA) is 94.6 Å². The molecule has 0 aliphatic carbocycles. The van der Waals surface area contributed by atoms with Gasteiger partial charge >= 0.3 is 0 Å². The Kier molecular flexibility index (Phi) is 11.8. The summed E-state index contributed by atoms with van der Waals surface area (Å²) in [7, 11) is 2.30. The number of thiophene rings is 1. The van der Waals surface area contributed by atoms with Crippen LogP contribution in [0.25, 0.3) is 0 Å². The van der Waals surface area contributed by atoms with Crippen LogP contribution in [-0.4, -0.2) is 78.2 Å². The molecule has 218 valence electrons. The Morgan fingerprint density at radius 3 is 2.23 bits per heavy atom. The van der Waals surface area contributed by atoms with Crippen molar-refractivity contribution in [1.29, 1.82) is 0 Å². The Bertz CT molecular complexity index is 1340. The number of hydrogen-bond donors (Lipinski definition) is 0. The molecule has 1 heterocycles. The van der Waals surface area contributed by atoms with Crippen LogP contribution in [0.2, 0.25) is 0 Å². The van der Waals surface area contributed by atoms with Crippen LogP contribution in [0, 0.1) is 6.92 Å². The van der Waals surface area contributed by atoms with E-state index in [2.05, 4.69) is 0 Å². The highest BCUT2D eigenvalue weighted by molar-refractivity contribution is 7.89. The van der Waals surface area contributed by atoms with Gasteiger partial charge < -0.3 is 23.8 Å². The second-order valence-electron chi connectivity index (χ2n) is 9.14. The molecule has 0 saturated carbocycles. The van der Waals surface area contributed by atoms with Crippen LogP contribution in [-0.2, 0) is 32.5 Å². The fourth-order valence-electron chi connectivity index (χ4n) is 4.15. The lowest BCUT2D eigenvalue weighted by Gasteiger charge is -2.27. The van der Waals surface area contributed by atoms with Gasteiger partial charge in [-0.25, -0.2) is 8.42 Å². The molecule has 0 bridgehead atoms. The molecule has 0 unspecified atom stereocenters. The van der Waals surface area contributed by atoms with E-state index in [0.29, 0.717) is 49.8 Å². The summed E-state index contributed by atoms with van der Waals surface area (Å²) >= 11 is 1.58. The molecule has 1 aromatic heterocycles. The predicted molar refractivity (Wildman–Crippen MR) is 156 cm³/mol. The molecular weight excluding hydrogens is 552 g/mol. The first-order chi connectivity index (χ1) is 19.2. The SMILES string of the molecule is COCCCN(CC(=O)N(CCc1ccc(OC)c(OC)c1)Cc1sccc1C)S(=O)(=O)c1ccc(OC)cc1. The van der Waals surface area contributed by atoms with Gasteiger partial charge in [-0.05, 0) is 78.7 Å². The summed E-state index contributed by atoms with van der Waals surface area (Å²) in [6.07, 6.45) is 1.01. The lowest BCUT2D eigenvalue weighted by molar-refractivity contribution is -0.132. The predicted octanol–water partition coefficient (Wildman–Crippen LogP) is 4.38. The monoisotopic (exact) mass is 590 g/mol. The van der Waals surface area contributed by atoms with E-state index >= 15 is 0 Å². The fraction of sp³-hybridized carbons (Fsp3) is 0.414. The van der Waals surface area contributed by atoms with E-state index in [9.17, 15) is 13.2 Å². The van der Waals surface area contributed by atoms with E-state index < -0.39 is 10.0 Å². The van der Waals surface area contributed by atoms with Crippen molar-refractivity contribution in [2.24, 2.45) is 0 Å². The van der Waals surface area contributed by atoms with Crippen LogP contribution < -0.4 is 14.2 Å². The number of methoxy groups -OCH3 is 4. The second kappa shape index (κ2) is 15.0. The van der Waals surface area contributed by atoms with Gasteiger partial charge in [-0.2, -0.15) is 4.31 Å². The van der Waals surface area contributed by atoms with E-state index in [4.69, 9.17) is 18.9 Å². The molecule has 0 atom stereocenters. The molecule has 0 radical (unpaired) electrons. The summed E-state index contributed by atoms with van der Waals surface area (Å²) in [5.74, 6) is 1.52. The number of carbonyl (C=O) groups excluding carboxylic acids is 1. The summed E-state index contributed by atoms with van der Waals surface area (Å²) in [4.78, 5) is 16.7. The van der Waals surface area contributed by atoms with Gasteiger partial charge in [0.2, 0.25) is 15.9 Å². The van der Waals surface area contributed by atoms with Gasteiger partial charge in [-0.15, -0.1) is 11.3 Å². The molecule has 11 heteroatoms. The molecule has 2 aromatic carbocycles. The van der Waals surface area contributed by atoms with Gasteiger partial charge in [-0.3, -0.25) is 4.79 Å². The maximum Gasteiger partial charge on any atom is 0.243 e. The lowest BCUT2D eigenvalue weighted by Crippen LogP contribution is -2.43. The Morgan fingerprint density at radius 2 is 1.62 bits per heavy atom.